The van der Waals surface area contributed by atoms with Crippen molar-refractivity contribution in [3.05, 3.63) is 12.2 Å². The largest absolute Gasteiger partial charge is 0.469 e. The van der Waals surface area contributed by atoms with Crippen LogP contribution in [0.15, 0.2) is 12.2 Å². The predicted octanol–water partition coefficient (Wildman–Crippen LogP) is -0.409. The second-order valence-corrected chi connectivity index (χ2v) is 4.45. The fourth-order valence-electron chi connectivity index (χ4n) is 2.75. The van der Waals surface area contributed by atoms with E-state index >= 15 is 0 Å². The summed E-state index contributed by atoms with van der Waals surface area (Å²) in [6.07, 6.45) is 3.45. The molecule has 1 fully saturated rings. The van der Waals surface area contributed by atoms with Gasteiger partial charge in [0.05, 0.1) is 38.0 Å². The van der Waals surface area contributed by atoms with Gasteiger partial charge in [-0.2, -0.15) is 0 Å². The number of fused-ring (bicyclic) bond motifs is 2. The number of amides is 1. The first kappa shape index (κ1) is 12.6. The topological polar surface area (TPSA) is 72.9 Å². The molecule has 2 heterocycles. The van der Waals surface area contributed by atoms with Crippen molar-refractivity contribution < 1.29 is 23.9 Å². The maximum Gasteiger partial charge on any atom is 0.312 e. The standard InChI is InChI=1S/C12H15NO5/c1-13-7-5-4-6(10(13)14)8(11(15)17-2)9(7)12(16)18-3/h4-9H,1-3H3/t6-,7+,8+,9+/m1/s1. The molecule has 3 rings (SSSR count). The number of hydrogen-bond donors (Lipinski definition) is 0. The lowest BCUT2D eigenvalue weighted by Crippen LogP contribution is -2.61. The number of esters is 2. The molecule has 1 saturated heterocycles. The zero-order valence-electron chi connectivity index (χ0n) is 10.5. The van der Waals surface area contributed by atoms with Gasteiger partial charge >= 0.3 is 11.9 Å². The van der Waals surface area contributed by atoms with Crippen LogP contribution in [0.5, 0.6) is 0 Å². The zero-order chi connectivity index (χ0) is 13.4. The van der Waals surface area contributed by atoms with Gasteiger partial charge in [-0.25, -0.2) is 0 Å². The lowest BCUT2D eigenvalue weighted by atomic mass is 9.68. The molecule has 0 saturated carbocycles. The Balaban J connectivity index is 2.43. The minimum Gasteiger partial charge on any atom is -0.469 e. The monoisotopic (exact) mass is 253 g/mol. The van der Waals surface area contributed by atoms with Crippen molar-refractivity contribution in [2.24, 2.45) is 17.8 Å². The van der Waals surface area contributed by atoms with Crippen LogP contribution in [0, 0.1) is 17.8 Å². The number of nitrogens with zero attached hydrogens (tertiary/aromatic N) is 1. The number of likely N-dealkylation sites (N-methyl/N-ethyl adjacent to an activating group) is 1. The van der Waals surface area contributed by atoms with Crippen LogP contribution in [-0.2, 0) is 23.9 Å². The van der Waals surface area contributed by atoms with Gasteiger partial charge in [0.1, 0.15) is 0 Å². The summed E-state index contributed by atoms with van der Waals surface area (Å²) in [7, 11) is 4.13. The van der Waals surface area contributed by atoms with Crippen molar-refractivity contribution in [1.29, 1.82) is 0 Å². The van der Waals surface area contributed by atoms with E-state index in [2.05, 4.69) is 0 Å². The van der Waals surface area contributed by atoms with E-state index in [1.54, 1.807) is 19.2 Å². The first-order valence-corrected chi connectivity index (χ1v) is 5.63. The number of carbonyl (C=O) groups excluding carboxylic acids is 3. The SMILES string of the molecule is COC(=O)[C@@H]1[C@@H](C(=O)OC)[C@@H]2C=C[C@H]1C(=O)N2C. The molecule has 4 atom stereocenters. The number of hydrogen-bond acceptors (Lipinski definition) is 5. The van der Waals surface area contributed by atoms with Gasteiger partial charge in [-0.05, 0) is 0 Å². The number of rotatable bonds is 2. The van der Waals surface area contributed by atoms with Gasteiger partial charge in [0, 0.05) is 7.05 Å². The molecular weight excluding hydrogens is 238 g/mol. The van der Waals surface area contributed by atoms with E-state index in [0.29, 0.717) is 0 Å². The average molecular weight is 253 g/mol. The third-order valence-electron chi connectivity index (χ3n) is 3.68. The van der Waals surface area contributed by atoms with E-state index < -0.39 is 35.7 Å². The quantitative estimate of drug-likeness (QED) is 0.494. The van der Waals surface area contributed by atoms with Crippen LogP contribution in [0.25, 0.3) is 0 Å². The fraction of sp³-hybridized carbons (Fsp3) is 0.583. The maximum atomic E-state index is 12.0. The Hall–Kier alpha value is -1.85. The zero-order valence-corrected chi connectivity index (χ0v) is 10.5. The van der Waals surface area contributed by atoms with Crippen molar-refractivity contribution >= 4 is 17.8 Å². The highest BCUT2D eigenvalue weighted by Gasteiger charge is 2.55. The molecule has 2 bridgehead atoms. The lowest BCUT2D eigenvalue weighted by Gasteiger charge is -2.46. The van der Waals surface area contributed by atoms with E-state index in [1.165, 1.54) is 19.1 Å². The van der Waals surface area contributed by atoms with Crippen molar-refractivity contribution in [1.82, 2.24) is 4.90 Å². The van der Waals surface area contributed by atoms with E-state index in [-0.39, 0.29) is 5.91 Å². The van der Waals surface area contributed by atoms with Gasteiger partial charge in [-0.15, -0.1) is 0 Å². The Bertz CT molecular complexity index is 430. The normalized spacial score (nSPS) is 33.5. The third-order valence-corrected chi connectivity index (χ3v) is 3.68. The van der Waals surface area contributed by atoms with Gasteiger partial charge in [0.25, 0.3) is 0 Å². The molecule has 6 nitrogen and oxygen atoms in total. The van der Waals surface area contributed by atoms with Gasteiger partial charge in [-0.3, -0.25) is 14.4 Å². The van der Waals surface area contributed by atoms with Crippen LogP contribution in [-0.4, -0.2) is 50.1 Å². The summed E-state index contributed by atoms with van der Waals surface area (Å²) in [4.78, 5) is 37.1. The summed E-state index contributed by atoms with van der Waals surface area (Å²) in [6, 6.07) is -0.445. The van der Waals surface area contributed by atoms with E-state index in [0.717, 1.165) is 0 Å². The van der Waals surface area contributed by atoms with Crippen molar-refractivity contribution in [2.45, 2.75) is 6.04 Å². The van der Waals surface area contributed by atoms with Crippen LogP contribution in [0.1, 0.15) is 0 Å². The number of carbonyl (C=O) groups is 3. The Morgan fingerprint density at radius 3 is 2.22 bits per heavy atom. The molecule has 6 heteroatoms. The molecule has 18 heavy (non-hydrogen) atoms. The molecule has 3 aliphatic rings. The number of piperidine rings is 1. The van der Waals surface area contributed by atoms with Crippen molar-refractivity contribution in [3.8, 4) is 0 Å². The predicted molar refractivity (Wildman–Crippen MR) is 60.2 cm³/mol. The Morgan fingerprint density at radius 1 is 1.11 bits per heavy atom. The highest BCUT2D eigenvalue weighted by atomic mass is 16.5. The van der Waals surface area contributed by atoms with Gasteiger partial charge in [-0.1, -0.05) is 12.2 Å². The third kappa shape index (κ3) is 1.60. The summed E-state index contributed by atoms with van der Waals surface area (Å²) in [5, 5.41) is 0. The highest BCUT2D eigenvalue weighted by Crippen LogP contribution is 2.40. The molecule has 0 aromatic heterocycles. The second kappa shape index (κ2) is 4.44. The summed E-state index contributed by atoms with van der Waals surface area (Å²) >= 11 is 0. The van der Waals surface area contributed by atoms with E-state index in [4.69, 9.17) is 9.47 Å². The smallest absolute Gasteiger partial charge is 0.312 e. The minimum absolute atomic E-state index is 0.168. The van der Waals surface area contributed by atoms with Crippen LogP contribution < -0.4 is 0 Å². The van der Waals surface area contributed by atoms with E-state index in [9.17, 15) is 14.4 Å². The molecular formula is C12H15NO5. The fourth-order valence-corrected chi connectivity index (χ4v) is 2.75. The molecule has 98 valence electrons. The summed E-state index contributed by atoms with van der Waals surface area (Å²) < 4.78 is 9.43. The first-order valence-electron chi connectivity index (χ1n) is 5.63. The van der Waals surface area contributed by atoms with Crippen LogP contribution in [0.3, 0.4) is 0 Å². The Labute approximate surface area is 105 Å². The lowest BCUT2D eigenvalue weighted by molar-refractivity contribution is -0.171. The highest BCUT2D eigenvalue weighted by molar-refractivity contribution is 5.94. The van der Waals surface area contributed by atoms with Crippen molar-refractivity contribution in [2.75, 3.05) is 21.3 Å². The molecule has 0 aromatic rings. The summed E-state index contributed by atoms with van der Waals surface area (Å²) in [5.41, 5.74) is 0. The number of methoxy groups -OCH3 is 2. The summed E-state index contributed by atoms with van der Waals surface area (Å²) in [6.45, 7) is 0. The molecule has 0 spiro atoms. The Kier molecular flexibility index (Phi) is 3.11. The molecule has 1 amide bonds. The molecule has 0 aromatic carbocycles. The van der Waals surface area contributed by atoms with Crippen LogP contribution in [0.4, 0.5) is 0 Å². The molecule has 2 aliphatic heterocycles. The Morgan fingerprint density at radius 2 is 1.67 bits per heavy atom. The van der Waals surface area contributed by atoms with E-state index in [1.807, 2.05) is 0 Å². The molecule has 0 radical (unpaired) electrons. The maximum absolute atomic E-state index is 12.0. The van der Waals surface area contributed by atoms with Gasteiger partial charge < -0.3 is 14.4 Å². The molecule has 1 aliphatic carbocycles. The van der Waals surface area contributed by atoms with Crippen molar-refractivity contribution in [3.63, 3.8) is 0 Å². The number of ether oxygens (including phenoxy) is 2. The average Bonchev–Trinajstić information content (AvgIpc) is 2.41. The van der Waals surface area contributed by atoms with Crippen LogP contribution >= 0.6 is 0 Å². The molecule has 0 unspecified atom stereocenters. The first-order chi connectivity index (χ1) is 8.52. The minimum atomic E-state index is -0.791. The van der Waals surface area contributed by atoms with Gasteiger partial charge in [0.15, 0.2) is 0 Å². The summed E-state index contributed by atoms with van der Waals surface area (Å²) in [5.74, 6) is -3.34. The van der Waals surface area contributed by atoms with Gasteiger partial charge in [0.2, 0.25) is 5.91 Å². The molecule has 0 N–H and O–H groups in total. The van der Waals surface area contributed by atoms with Crippen LogP contribution in [0.2, 0.25) is 0 Å². The second-order valence-electron chi connectivity index (χ2n) is 4.45.